The number of rotatable bonds is 7. The molecule has 1 N–H and O–H groups in total. The van der Waals surface area contributed by atoms with Crippen molar-refractivity contribution in [1.29, 1.82) is 0 Å². The van der Waals surface area contributed by atoms with Crippen LogP contribution in [0.25, 0.3) is 11.6 Å². The Morgan fingerprint density at radius 3 is 2.81 bits per heavy atom. The molecule has 0 radical (unpaired) electrons. The number of carbonyl (C=O) groups excluding carboxylic acids is 1. The Labute approximate surface area is 154 Å². The third-order valence-corrected chi connectivity index (χ3v) is 4.69. The van der Waals surface area contributed by atoms with Crippen molar-refractivity contribution in [3.8, 4) is 11.6 Å². The molecular weight excluding hydrogens is 350 g/mol. The molecule has 142 valence electrons. The van der Waals surface area contributed by atoms with Crippen molar-refractivity contribution in [2.75, 3.05) is 6.54 Å². The highest BCUT2D eigenvalue weighted by molar-refractivity contribution is 5.78. The van der Waals surface area contributed by atoms with Crippen molar-refractivity contribution in [2.45, 2.75) is 45.7 Å². The lowest BCUT2D eigenvalue weighted by atomic mass is 10.1. The SMILES string of the molecule is Cc1noc(C)c1CC(=O)NCCn1nc(-c2ccco2)n(C2CC2)c1=O. The maximum absolute atomic E-state index is 12.7. The molecule has 1 aliphatic carbocycles. The van der Waals surface area contributed by atoms with Crippen LogP contribution in [0.1, 0.15) is 35.9 Å². The summed E-state index contributed by atoms with van der Waals surface area (Å²) in [5.74, 6) is 1.60. The number of furan rings is 1. The number of hydrogen-bond acceptors (Lipinski definition) is 6. The van der Waals surface area contributed by atoms with Gasteiger partial charge in [0.05, 0.1) is 24.9 Å². The molecule has 1 amide bonds. The van der Waals surface area contributed by atoms with Crippen LogP contribution in [0.4, 0.5) is 0 Å². The highest BCUT2D eigenvalue weighted by atomic mass is 16.5. The average Bonchev–Trinajstić information content (AvgIpc) is 3.08. The quantitative estimate of drug-likeness (QED) is 0.676. The number of amides is 1. The summed E-state index contributed by atoms with van der Waals surface area (Å²) >= 11 is 0. The highest BCUT2D eigenvalue weighted by Gasteiger charge is 2.31. The summed E-state index contributed by atoms with van der Waals surface area (Å²) in [6.07, 6.45) is 3.69. The standard InChI is InChI=1S/C18H21N5O4/c1-11-14(12(2)27-21-11)10-16(24)19-7-8-22-18(25)23(13-5-6-13)17(20-22)15-4-3-9-26-15/h3-4,9,13H,5-8,10H2,1-2H3,(H,19,24). The van der Waals surface area contributed by atoms with Crippen LogP contribution in [0.2, 0.25) is 0 Å². The zero-order valence-corrected chi connectivity index (χ0v) is 15.3. The highest BCUT2D eigenvalue weighted by Crippen LogP contribution is 2.36. The number of hydrogen-bond donors (Lipinski definition) is 1. The van der Waals surface area contributed by atoms with Gasteiger partial charge in [0.1, 0.15) is 5.76 Å². The summed E-state index contributed by atoms with van der Waals surface area (Å²) in [6.45, 7) is 4.18. The summed E-state index contributed by atoms with van der Waals surface area (Å²) in [6, 6.07) is 3.74. The second-order valence-corrected chi connectivity index (χ2v) is 6.74. The first-order chi connectivity index (χ1) is 13.0. The zero-order valence-electron chi connectivity index (χ0n) is 15.3. The van der Waals surface area contributed by atoms with Gasteiger partial charge in [-0.2, -0.15) is 0 Å². The predicted octanol–water partition coefficient (Wildman–Crippen LogP) is 1.60. The first-order valence-electron chi connectivity index (χ1n) is 8.96. The van der Waals surface area contributed by atoms with Crippen LogP contribution < -0.4 is 11.0 Å². The van der Waals surface area contributed by atoms with E-state index in [-0.39, 0.29) is 24.1 Å². The van der Waals surface area contributed by atoms with Gasteiger partial charge in [-0.1, -0.05) is 5.16 Å². The lowest BCUT2D eigenvalue weighted by Gasteiger charge is -2.04. The van der Waals surface area contributed by atoms with E-state index in [1.807, 2.05) is 0 Å². The Bertz CT molecular complexity index is 988. The van der Waals surface area contributed by atoms with Gasteiger partial charge in [-0.25, -0.2) is 9.48 Å². The third kappa shape index (κ3) is 3.44. The Balaban J connectivity index is 1.42. The molecule has 0 bridgehead atoms. The molecule has 0 saturated heterocycles. The summed E-state index contributed by atoms with van der Waals surface area (Å²) < 4.78 is 13.5. The minimum absolute atomic E-state index is 0.148. The minimum Gasteiger partial charge on any atom is -0.461 e. The molecule has 9 heteroatoms. The van der Waals surface area contributed by atoms with Crippen LogP contribution in [-0.4, -0.2) is 32.0 Å². The van der Waals surface area contributed by atoms with Gasteiger partial charge >= 0.3 is 5.69 Å². The average molecular weight is 371 g/mol. The van der Waals surface area contributed by atoms with Crippen LogP contribution in [-0.2, 0) is 17.8 Å². The van der Waals surface area contributed by atoms with Crippen molar-refractivity contribution >= 4 is 5.91 Å². The normalized spacial score (nSPS) is 13.9. The van der Waals surface area contributed by atoms with Crippen LogP contribution in [0, 0.1) is 13.8 Å². The minimum atomic E-state index is -0.177. The maximum atomic E-state index is 12.7. The Morgan fingerprint density at radius 1 is 1.37 bits per heavy atom. The fourth-order valence-electron chi connectivity index (χ4n) is 3.08. The summed E-state index contributed by atoms with van der Waals surface area (Å²) in [5.41, 5.74) is 1.33. The van der Waals surface area contributed by atoms with Gasteiger partial charge in [0.25, 0.3) is 0 Å². The molecule has 1 saturated carbocycles. The molecule has 0 aromatic carbocycles. The van der Waals surface area contributed by atoms with Gasteiger partial charge in [0.2, 0.25) is 11.7 Å². The van der Waals surface area contributed by atoms with E-state index in [0.29, 0.717) is 36.1 Å². The second-order valence-electron chi connectivity index (χ2n) is 6.74. The van der Waals surface area contributed by atoms with Gasteiger partial charge in [0, 0.05) is 18.2 Å². The molecular formula is C18H21N5O4. The number of aromatic nitrogens is 4. The zero-order chi connectivity index (χ0) is 19.0. The largest absolute Gasteiger partial charge is 0.461 e. The Morgan fingerprint density at radius 2 is 2.19 bits per heavy atom. The Kier molecular flexibility index (Phi) is 4.43. The van der Waals surface area contributed by atoms with E-state index in [2.05, 4.69) is 15.6 Å². The molecule has 27 heavy (non-hydrogen) atoms. The molecule has 0 atom stereocenters. The van der Waals surface area contributed by atoms with Gasteiger partial charge in [-0.3, -0.25) is 9.36 Å². The summed E-state index contributed by atoms with van der Waals surface area (Å²) in [4.78, 5) is 24.8. The fourth-order valence-corrected chi connectivity index (χ4v) is 3.08. The first kappa shape index (κ1) is 17.3. The summed E-state index contributed by atoms with van der Waals surface area (Å²) in [7, 11) is 0. The summed E-state index contributed by atoms with van der Waals surface area (Å²) in [5, 5.41) is 11.1. The fraction of sp³-hybridized carbons (Fsp3) is 0.444. The van der Waals surface area contributed by atoms with Crippen LogP contribution in [0.15, 0.2) is 32.1 Å². The predicted molar refractivity (Wildman–Crippen MR) is 95.2 cm³/mol. The number of nitrogens with one attached hydrogen (secondary N) is 1. The van der Waals surface area contributed by atoms with E-state index >= 15 is 0 Å². The van der Waals surface area contributed by atoms with Gasteiger partial charge in [-0.05, 0) is 38.8 Å². The Hall–Kier alpha value is -3.10. The number of aryl methyl sites for hydroxylation is 2. The molecule has 3 aromatic heterocycles. The van der Waals surface area contributed by atoms with Crippen LogP contribution in [0.3, 0.4) is 0 Å². The molecule has 0 spiro atoms. The van der Waals surface area contributed by atoms with E-state index in [1.165, 1.54) is 4.68 Å². The van der Waals surface area contributed by atoms with E-state index < -0.39 is 0 Å². The molecule has 9 nitrogen and oxygen atoms in total. The van der Waals surface area contributed by atoms with E-state index in [9.17, 15) is 9.59 Å². The van der Waals surface area contributed by atoms with Crippen molar-refractivity contribution < 1.29 is 13.7 Å². The molecule has 1 fully saturated rings. The molecule has 0 unspecified atom stereocenters. The maximum Gasteiger partial charge on any atom is 0.346 e. The van der Waals surface area contributed by atoms with Crippen molar-refractivity contribution in [3.63, 3.8) is 0 Å². The molecule has 0 aliphatic heterocycles. The second kappa shape index (κ2) is 6.90. The number of carbonyl (C=O) groups is 1. The molecule has 4 rings (SSSR count). The topological polar surface area (TPSA) is 108 Å². The van der Waals surface area contributed by atoms with Crippen molar-refractivity contribution in [2.24, 2.45) is 0 Å². The molecule has 3 heterocycles. The van der Waals surface area contributed by atoms with Gasteiger partial charge in [0.15, 0.2) is 5.76 Å². The lowest BCUT2D eigenvalue weighted by Crippen LogP contribution is -2.33. The van der Waals surface area contributed by atoms with Gasteiger partial charge < -0.3 is 14.3 Å². The van der Waals surface area contributed by atoms with Gasteiger partial charge in [-0.15, -0.1) is 5.10 Å². The molecule has 3 aromatic rings. The monoisotopic (exact) mass is 371 g/mol. The smallest absolute Gasteiger partial charge is 0.346 e. The van der Waals surface area contributed by atoms with Crippen molar-refractivity contribution in [1.82, 2.24) is 24.8 Å². The first-order valence-corrected chi connectivity index (χ1v) is 8.96. The third-order valence-electron chi connectivity index (χ3n) is 4.69. The van der Waals surface area contributed by atoms with E-state index in [4.69, 9.17) is 8.94 Å². The number of nitrogens with zero attached hydrogens (tertiary/aromatic N) is 4. The van der Waals surface area contributed by atoms with E-state index in [1.54, 1.807) is 36.8 Å². The van der Waals surface area contributed by atoms with Crippen molar-refractivity contribution in [3.05, 3.63) is 45.9 Å². The van der Waals surface area contributed by atoms with E-state index in [0.717, 1.165) is 18.4 Å². The van der Waals surface area contributed by atoms with Crippen LogP contribution in [0.5, 0.6) is 0 Å². The van der Waals surface area contributed by atoms with Crippen LogP contribution >= 0.6 is 0 Å². The lowest BCUT2D eigenvalue weighted by molar-refractivity contribution is -0.120. The molecule has 1 aliphatic rings.